The smallest absolute Gasteiger partial charge is 0.355 e. The molecule has 3 rings (SSSR count). The van der Waals surface area contributed by atoms with E-state index in [4.69, 9.17) is 15.2 Å². The molecule has 0 radical (unpaired) electrons. The van der Waals surface area contributed by atoms with E-state index in [1.54, 1.807) is 30.3 Å². The Kier molecular flexibility index (Phi) is 7.01. The van der Waals surface area contributed by atoms with Gasteiger partial charge in [0.05, 0.1) is 43.0 Å². The Morgan fingerprint density at radius 2 is 1.69 bits per heavy atom. The first-order chi connectivity index (χ1) is 15.3. The van der Waals surface area contributed by atoms with E-state index in [0.717, 1.165) is 25.2 Å². The molecule has 0 aliphatic carbocycles. The van der Waals surface area contributed by atoms with Crippen LogP contribution >= 0.6 is 31.9 Å². The van der Waals surface area contributed by atoms with Gasteiger partial charge in [-0.05, 0) is 49.6 Å². The van der Waals surface area contributed by atoms with E-state index in [2.05, 4.69) is 31.9 Å². The van der Waals surface area contributed by atoms with Crippen LogP contribution in [0.15, 0.2) is 74.1 Å². The second-order valence-corrected chi connectivity index (χ2v) is 8.26. The SMILES string of the molecule is COC(=O)C1=C(C(=O)OC)N(c2cc(Br)c(Br)cc2F)C(N)=C(C#N)C1c1ccccc1. The van der Waals surface area contributed by atoms with E-state index in [0.29, 0.717) is 14.5 Å². The number of halogens is 3. The number of nitriles is 1. The summed E-state index contributed by atoms with van der Waals surface area (Å²) in [5, 5.41) is 9.96. The molecule has 10 heteroatoms. The number of nitrogens with zero attached hydrogens (tertiary/aromatic N) is 2. The van der Waals surface area contributed by atoms with Crippen LogP contribution in [0.2, 0.25) is 0 Å². The van der Waals surface area contributed by atoms with Gasteiger partial charge in [-0.1, -0.05) is 30.3 Å². The largest absolute Gasteiger partial charge is 0.466 e. The van der Waals surface area contributed by atoms with Crippen LogP contribution in [0.5, 0.6) is 0 Å². The van der Waals surface area contributed by atoms with E-state index >= 15 is 4.39 Å². The zero-order valence-corrected chi connectivity index (χ0v) is 20.0. The Labute approximate surface area is 200 Å². The molecule has 2 aromatic rings. The standard InChI is InChI=1S/C22H16Br2FN3O4/c1-31-21(29)18-17(11-6-4-3-5-7-11)12(10-26)20(27)28(19(18)22(30)32-2)16-9-14(24)13(23)8-15(16)25/h3-9,17H,27H2,1-2H3. The summed E-state index contributed by atoms with van der Waals surface area (Å²) in [6.45, 7) is 0. The minimum Gasteiger partial charge on any atom is -0.466 e. The maximum Gasteiger partial charge on any atom is 0.355 e. The number of allylic oxidation sites excluding steroid dienone is 1. The molecule has 0 saturated heterocycles. The minimum absolute atomic E-state index is 0.0531. The van der Waals surface area contributed by atoms with Crippen molar-refractivity contribution in [1.82, 2.24) is 0 Å². The average molecular weight is 565 g/mol. The van der Waals surface area contributed by atoms with Crippen LogP contribution in [-0.2, 0) is 19.1 Å². The highest BCUT2D eigenvalue weighted by molar-refractivity contribution is 9.13. The summed E-state index contributed by atoms with van der Waals surface area (Å²) in [5.41, 5.74) is 6.08. The predicted octanol–water partition coefficient (Wildman–Crippen LogP) is 4.25. The maximum absolute atomic E-state index is 15.0. The van der Waals surface area contributed by atoms with Crippen LogP contribution in [0.3, 0.4) is 0 Å². The quantitative estimate of drug-likeness (QED) is 0.437. The van der Waals surface area contributed by atoms with Crippen molar-refractivity contribution in [2.45, 2.75) is 5.92 Å². The second-order valence-electron chi connectivity index (χ2n) is 6.55. The van der Waals surface area contributed by atoms with Gasteiger partial charge >= 0.3 is 11.9 Å². The third kappa shape index (κ3) is 4.01. The van der Waals surface area contributed by atoms with Crippen LogP contribution in [-0.4, -0.2) is 26.2 Å². The van der Waals surface area contributed by atoms with Gasteiger partial charge in [0.15, 0.2) is 0 Å². The first kappa shape index (κ1) is 23.5. The molecule has 0 spiro atoms. The van der Waals surface area contributed by atoms with Gasteiger partial charge in [-0.25, -0.2) is 14.0 Å². The first-order valence-electron chi connectivity index (χ1n) is 9.06. The molecule has 32 heavy (non-hydrogen) atoms. The highest BCUT2D eigenvalue weighted by atomic mass is 79.9. The van der Waals surface area contributed by atoms with E-state index in [1.165, 1.54) is 6.07 Å². The lowest BCUT2D eigenvalue weighted by Gasteiger charge is -2.36. The number of esters is 2. The highest BCUT2D eigenvalue weighted by Gasteiger charge is 2.43. The average Bonchev–Trinajstić information content (AvgIpc) is 2.80. The number of hydrogen-bond acceptors (Lipinski definition) is 7. The van der Waals surface area contributed by atoms with E-state index in [1.807, 2.05) is 6.07 Å². The van der Waals surface area contributed by atoms with Gasteiger partial charge in [0, 0.05) is 8.95 Å². The van der Waals surface area contributed by atoms with Crippen LogP contribution in [0.25, 0.3) is 0 Å². The van der Waals surface area contributed by atoms with Gasteiger partial charge in [0.1, 0.15) is 17.3 Å². The van der Waals surface area contributed by atoms with Gasteiger partial charge in [-0.2, -0.15) is 5.26 Å². The Hall–Kier alpha value is -3.16. The number of carbonyl (C=O) groups is 2. The molecule has 1 atom stereocenters. The fourth-order valence-corrected chi connectivity index (χ4v) is 4.09. The number of nitrogens with two attached hydrogens (primary N) is 1. The molecule has 1 heterocycles. The van der Waals surface area contributed by atoms with E-state index in [9.17, 15) is 14.9 Å². The molecule has 164 valence electrons. The zero-order chi connectivity index (χ0) is 23.6. The highest BCUT2D eigenvalue weighted by Crippen LogP contribution is 2.44. The van der Waals surface area contributed by atoms with Gasteiger partial charge in [0.25, 0.3) is 0 Å². The lowest BCUT2D eigenvalue weighted by Crippen LogP contribution is -2.41. The van der Waals surface area contributed by atoms with Gasteiger partial charge < -0.3 is 15.2 Å². The molecule has 0 fully saturated rings. The minimum atomic E-state index is -1.03. The summed E-state index contributed by atoms with van der Waals surface area (Å²) in [6, 6.07) is 13.1. The van der Waals surface area contributed by atoms with Gasteiger partial charge in [0.2, 0.25) is 0 Å². The van der Waals surface area contributed by atoms with Crippen LogP contribution < -0.4 is 10.6 Å². The van der Waals surface area contributed by atoms with E-state index < -0.39 is 23.7 Å². The fourth-order valence-electron chi connectivity index (χ4n) is 3.45. The molecule has 0 bridgehead atoms. The zero-order valence-electron chi connectivity index (χ0n) is 16.9. The number of anilines is 1. The molecule has 0 amide bonds. The molecule has 0 saturated carbocycles. The van der Waals surface area contributed by atoms with Gasteiger partial charge in [-0.3, -0.25) is 4.90 Å². The van der Waals surface area contributed by atoms with Crippen molar-refractivity contribution in [3.05, 3.63) is 85.5 Å². The lowest BCUT2D eigenvalue weighted by atomic mass is 9.81. The molecule has 0 aromatic heterocycles. The monoisotopic (exact) mass is 563 g/mol. The number of benzene rings is 2. The Bertz CT molecular complexity index is 1210. The summed E-state index contributed by atoms with van der Waals surface area (Å²) in [7, 11) is 2.26. The maximum atomic E-state index is 15.0. The fraction of sp³-hybridized carbons (Fsp3) is 0.136. The van der Waals surface area contributed by atoms with Gasteiger partial charge in [-0.15, -0.1) is 0 Å². The number of ether oxygens (including phenoxy) is 2. The molecular formula is C22H16Br2FN3O4. The van der Waals surface area contributed by atoms with E-state index in [-0.39, 0.29) is 28.4 Å². The third-order valence-electron chi connectivity index (χ3n) is 4.84. The molecule has 1 unspecified atom stereocenters. The van der Waals surface area contributed by atoms with Crippen molar-refractivity contribution < 1.29 is 23.5 Å². The lowest BCUT2D eigenvalue weighted by molar-refractivity contribution is -0.139. The van der Waals surface area contributed by atoms with Crippen molar-refractivity contribution in [1.29, 1.82) is 5.26 Å². The molecule has 7 nitrogen and oxygen atoms in total. The molecule has 1 aliphatic heterocycles. The second kappa shape index (κ2) is 9.54. The third-order valence-corrected chi connectivity index (χ3v) is 6.69. The molecule has 2 N–H and O–H groups in total. The molecule has 1 aliphatic rings. The Morgan fingerprint density at radius 1 is 1.09 bits per heavy atom. The van der Waals surface area contributed by atoms with Crippen LogP contribution in [0.1, 0.15) is 11.5 Å². The number of hydrogen-bond donors (Lipinski definition) is 1. The van der Waals surface area contributed by atoms with Crippen LogP contribution in [0, 0.1) is 17.1 Å². The summed E-state index contributed by atoms with van der Waals surface area (Å²) in [4.78, 5) is 26.9. The Morgan fingerprint density at radius 3 is 2.25 bits per heavy atom. The summed E-state index contributed by atoms with van der Waals surface area (Å²) in [6.07, 6.45) is 0. The molecular weight excluding hydrogens is 549 g/mol. The normalized spacial score (nSPS) is 16.0. The van der Waals surface area contributed by atoms with Crippen molar-refractivity contribution in [2.24, 2.45) is 5.73 Å². The summed E-state index contributed by atoms with van der Waals surface area (Å²) >= 11 is 6.50. The summed E-state index contributed by atoms with van der Waals surface area (Å²) in [5.74, 6) is -3.85. The Balaban J connectivity index is 2.46. The topological polar surface area (TPSA) is 106 Å². The van der Waals surface area contributed by atoms with Crippen molar-refractivity contribution >= 4 is 49.5 Å². The van der Waals surface area contributed by atoms with Crippen LogP contribution in [0.4, 0.5) is 10.1 Å². The number of methoxy groups -OCH3 is 2. The van der Waals surface area contributed by atoms with Crippen molar-refractivity contribution in [2.75, 3.05) is 19.1 Å². The molecule has 2 aromatic carbocycles. The van der Waals surface area contributed by atoms with Crippen molar-refractivity contribution in [3.63, 3.8) is 0 Å². The summed E-state index contributed by atoms with van der Waals surface area (Å²) < 4.78 is 25.8. The first-order valence-corrected chi connectivity index (χ1v) is 10.7. The number of rotatable bonds is 4. The van der Waals surface area contributed by atoms with Crippen molar-refractivity contribution in [3.8, 4) is 6.07 Å². The number of carbonyl (C=O) groups excluding carboxylic acids is 2. The predicted molar refractivity (Wildman–Crippen MR) is 121 cm³/mol.